The van der Waals surface area contributed by atoms with E-state index >= 15 is 0 Å². The number of amides is 2. The van der Waals surface area contributed by atoms with Gasteiger partial charge in [-0.05, 0) is 34.7 Å². The maximum Gasteiger partial charge on any atom is 0.251 e. The van der Waals surface area contributed by atoms with Crippen molar-refractivity contribution in [2.24, 2.45) is 0 Å². The minimum atomic E-state index is -0.258. The molecule has 0 bridgehead atoms. The molecular weight excluding hydrogens is 348 g/mol. The Balaban J connectivity index is 1.46. The highest BCUT2D eigenvalue weighted by Gasteiger charge is 2.10. The van der Waals surface area contributed by atoms with E-state index < -0.39 is 0 Å². The second kappa shape index (κ2) is 9.51. The molecule has 0 spiro atoms. The van der Waals surface area contributed by atoms with Crippen LogP contribution in [-0.4, -0.2) is 24.9 Å². The van der Waals surface area contributed by atoms with Gasteiger partial charge in [-0.25, -0.2) is 0 Å². The van der Waals surface area contributed by atoms with Crippen LogP contribution < -0.4 is 10.6 Å². The third kappa shape index (κ3) is 5.30. The molecule has 1 atom stereocenters. The molecule has 4 heteroatoms. The average molecular weight is 372 g/mol. The Morgan fingerprint density at radius 1 is 0.750 bits per heavy atom. The van der Waals surface area contributed by atoms with Crippen molar-refractivity contribution in [2.45, 2.75) is 12.8 Å². The standard InChI is InChI=1S/C24H24N2O2/c1-18(19-8-4-2-5-9-19)16-25-23(27)17-26-24(28)22-14-12-21(13-15-22)20-10-6-3-7-11-20/h2-15,18H,16-17H2,1H3,(H,25,27)(H,26,28). The van der Waals surface area contributed by atoms with Crippen molar-refractivity contribution in [3.63, 3.8) is 0 Å². The highest BCUT2D eigenvalue weighted by atomic mass is 16.2. The van der Waals surface area contributed by atoms with Gasteiger partial charge in [0.25, 0.3) is 5.91 Å². The van der Waals surface area contributed by atoms with Crippen LogP contribution in [0.4, 0.5) is 0 Å². The predicted molar refractivity (Wildman–Crippen MR) is 112 cm³/mol. The highest BCUT2D eigenvalue weighted by Crippen LogP contribution is 2.19. The van der Waals surface area contributed by atoms with Crippen molar-refractivity contribution in [2.75, 3.05) is 13.1 Å². The minimum Gasteiger partial charge on any atom is -0.354 e. The predicted octanol–water partition coefficient (Wildman–Crippen LogP) is 4.00. The van der Waals surface area contributed by atoms with Crippen LogP contribution in [0.2, 0.25) is 0 Å². The molecule has 0 heterocycles. The van der Waals surface area contributed by atoms with E-state index in [1.165, 1.54) is 5.56 Å². The smallest absolute Gasteiger partial charge is 0.251 e. The second-order valence-electron chi connectivity index (χ2n) is 6.74. The largest absolute Gasteiger partial charge is 0.354 e. The lowest BCUT2D eigenvalue weighted by Crippen LogP contribution is -2.38. The SMILES string of the molecule is CC(CNC(=O)CNC(=O)c1ccc(-c2ccccc2)cc1)c1ccccc1. The van der Waals surface area contributed by atoms with Gasteiger partial charge >= 0.3 is 0 Å². The van der Waals surface area contributed by atoms with E-state index in [4.69, 9.17) is 0 Å². The Morgan fingerprint density at radius 3 is 1.96 bits per heavy atom. The Bertz CT molecular complexity index is 906. The fraction of sp³-hybridized carbons (Fsp3) is 0.167. The van der Waals surface area contributed by atoms with Crippen molar-refractivity contribution in [3.05, 3.63) is 96.1 Å². The van der Waals surface area contributed by atoms with Crippen LogP contribution in [0, 0.1) is 0 Å². The first kappa shape index (κ1) is 19.4. The quantitative estimate of drug-likeness (QED) is 0.658. The lowest BCUT2D eigenvalue weighted by atomic mass is 10.0. The normalized spacial score (nSPS) is 11.5. The molecule has 0 aliphatic heterocycles. The van der Waals surface area contributed by atoms with Crippen LogP contribution in [-0.2, 0) is 4.79 Å². The second-order valence-corrected chi connectivity index (χ2v) is 6.74. The van der Waals surface area contributed by atoms with E-state index in [0.717, 1.165) is 11.1 Å². The fourth-order valence-electron chi connectivity index (χ4n) is 2.94. The molecule has 0 fully saturated rings. The van der Waals surface area contributed by atoms with E-state index in [1.54, 1.807) is 12.1 Å². The summed E-state index contributed by atoms with van der Waals surface area (Å²) in [6.45, 7) is 2.55. The molecule has 3 aromatic carbocycles. The molecule has 28 heavy (non-hydrogen) atoms. The molecule has 0 saturated heterocycles. The summed E-state index contributed by atoms with van der Waals surface area (Å²) in [5.74, 6) is -0.241. The zero-order valence-corrected chi connectivity index (χ0v) is 15.9. The van der Waals surface area contributed by atoms with E-state index in [-0.39, 0.29) is 24.3 Å². The lowest BCUT2D eigenvalue weighted by Gasteiger charge is -2.13. The van der Waals surface area contributed by atoms with Crippen molar-refractivity contribution in [3.8, 4) is 11.1 Å². The van der Waals surface area contributed by atoms with Gasteiger partial charge in [0.2, 0.25) is 5.91 Å². The van der Waals surface area contributed by atoms with Crippen molar-refractivity contribution < 1.29 is 9.59 Å². The van der Waals surface area contributed by atoms with Gasteiger partial charge in [0.05, 0.1) is 6.54 Å². The number of carbonyl (C=O) groups is 2. The van der Waals surface area contributed by atoms with Crippen LogP contribution in [0.25, 0.3) is 11.1 Å². The average Bonchev–Trinajstić information content (AvgIpc) is 2.77. The van der Waals surface area contributed by atoms with Crippen LogP contribution in [0.1, 0.15) is 28.8 Å². The van der Waals surface area contributed by atoms with Gasteiger partial charge in [-0.2, -0.15) is 0 Å². The fourth-order valence-corrected chi connectivity index (χ4v) is 2.94. The summed E-state index contributed by atoms with van der Waals surface area (Å²) in [7, 11) is 0. The van der Waals surface area contributed by atoms with E-state index in [0.29, 0.717) is 12.1 Å². The molecule has 0 aliphatic rings. The van der Waals surface area contributed by atoms with E-state index in [9.17, 15) is 9.59 Å². The monoisotopic (exact) mass is 372 g/mol. The maximum absolute atomic E-state index is 12.3. The zero-order valence-electron chi connectivity index (χ0n) is 15.9. The van der Waals surface area contributed by atoms with E-state index in [2.05, 4.69) is 17.6 Å². The van der Waals surface area contributed by atoms with Gasteiger partial charge in [-0.15, -0.1) is 0 Å². The first-order chi connectivity index (χ1) is 13.6. The van der Waals surface area contributed by atoms with Crippen LogP contribution in [0.5, 0.6) is 0 Å². The molecule has 3 rings (SSSR count). The molecule has 142 valence electrons. The van der Waals surface area contributed by atoms with Gasteiger partial charge in [-0.1, -0.05) is 79.7 Å². The highest BCUT2D eigenvalue weighted by molar-refractivity contribution is 5.96. The molecular formula is C24H24N2O2. The Labute approximate surface area is 165 Å². The number of hydrogen-bond acceptors (Lipinski definition) is 2. The third-order valence-corrected chi connectivity index (χ3v) is 4.64. The topological polar surface area (TPSA) is 58.2 Å². The van der Waals surface area contributed by atoms with Crippen LogP contribution >= 0.6 is 0 Å². The molecule has 0 saturated carbocycles. The summed E-state index contributed by atoms with van der Waals surface area (Å²) in [6, 6.07) is 27.3. The summed E-state index contributed by atoms with van der Waals surface area (Å²) in [5.41, 5.74) is 3.85. The number of hydrogen-bond donors (Lipinski definition) is 2. The number of carbonyl (C=O) groups excluding carboxylic acids is 2. The van der Waals surface area contributed by atoms with Crippen molar-refractivity contribution in [1.82, 2.24) is 10.6 Å². The minimum absolute atomic E-state index is 0.0409. The lowest BCUT2D eigenvalue weighted by molar-refractivity contribution is -0.120. The molecule has 0 aromatic heterocycles. The molecule has 0 radical (unpaired) electrons. The van der Waals surface area contributed by atoms with Gasteiger partial charge in [0.1, 0.15) is 0 Å². The van der Waals surface area contributed by atoms with Gasteiger partial charge in [0, 0.05) is 12.1 Å². The summed E-state index contributed by atoms with van der Waals surface area (Å²) in [5, 5.41) is 5.54. The summed E-state index contributed by atoms with van der Waals surface area (Å²) < 4.78 is 0. The number of nitrogens with one attached hydrogen (secondary N) is 2. The Kier molecular flexibility index (Phi) is 6.58. The van der Waals surface area contributed by atoms with Gasteiger partial charge < -0.3 is 10.6 Å². The first-order valence-corrected chi connectivity index (χ1v) is 9.39. The van der Waals surface area contributed by atoms with Crippen molar-refractivity contribution >= 4 is 11.8 Å². The number of benzene rings is 3. The molecule has 2 N–H and O–H groups in total. The molecule has 0 aliphatic carbocycles. The van der Waals surface area contributed by atoms with Crippen molar-refractivity contribution in [1.29, 1.82) is 0 Å². The molecule has 3 aromatic rings. The summed E-state index contributed by atoms with van der Waals surface area (Å²) in [6.07, 6.45) is 0. The van der Waals surface area contributed by atoms with Crippen LogP contribution in [0.15, 0.2) is 84.9 Å². The molecule has 4 nitrogen and oxygen atoms in total. The Morgan fingerprint density at radius 2 is 1.32 bits per heavy atom. The zero-order chi connectivity index (χ0) is 19.8. The van der Waals surface area contributed by atoms with Crippen LogP contribution in [0.3, 0.4) is 0 Å². The maximum atomic E-state index is 12.3. The Hall–Kier alpha value is -3.40. The van der Waals surface area contributed by atoms with Gasteiger partial charge in [-0.3, -0.25) is 9.59 Å². The summed E-state index contributed by atoms with van der Waals surface area (Å²) in [4.78, 5) is 24.3. The number of rotatable bonds is 7. The van der Waals surface area contributed by atoms with Gasteiger partial charge in [0.15, 0.2) is 0 Å². The summed E-state index contributed by atoms with van der Waals surface area (Å²) >= 11 is 0. The first-order valence-electron chi connectivity index (χ1n) is 9.39. The van der Waals surface area contributed by atoms with E-state index in [1.807, 2.05) is 72.8 Å². The molecule has 1 unspecified atom stereocenters. The third-order valence-electron chi connectivity index (χ3n) is 4.64. The molecule has 2 amide bonds.